The van der Waals surface area contributed by atoms with Crippen LogP contribution in [-0.2, 0) is 0 Å². The second kappa shape index (κ2) is 8.82. The van der Waals surface area contributed by atoms with Crippen LogP contribution in [0.25, 0.3) is 0 Å². The molecule has 0 saturated carbocycles. The molecular formula is C19H25N3O2. The van der Waals surface area contributed by atoms with Gasteiger partial charge in [0, 0.05) is 24.7 Å². The first kappa shape index (κ1) is 17.7. The molecule has 0 radical (unpaired) electrons. The molecule has 0 aromatic heterocycles. The highest BCUT2D eigenvalue weighted by atomic mass is 16.5. The number of nitrogens with one attached hydrogen (secondary N) is 1. The van der Waals surface area contributed by atoms with Gasteiger partial charge in [-0.2, -0.15) is 0 Å². The molecule has 3 N–H and O–H groups in total. The summed E-state index contributed by atoms with van der Waals surface area (Å²) in [5, 5.41) is 3.05. The van der Waals surface area contributed by atoms with Gasteiger partial charge in [-0.05, 0) is 37.1 Å². The van der Waals surface area contributed by atoms with Gasteiger partial charge >= 0.3 is 0 Å². The van der Waals surface area contributed by atoms with Gasteiger partial charge < -0.3 is 20.5 Å². The zero-order valence-corrected chi connectivity index (χ0v) is 14.5. The second-order valence-electron chi connectivity index (χ2n) is 5.55. The molecule has 0 atom stereocenters. The Morgan fingerprint density at radius 3 is 2.54 bits per heavy atom. The van der Waals surface area contributed by atoms with Crippen molar-refractivity contribution >= 4 is 11.6 Å². The van der Waals surface area contributed by atoms with E-state index in [1.165, 1.54) is 0 Å². The maximum absolute atomic E-state index is 5.90. The highest BCUT2D eigenvalue weighted by molar-refractivity contribution is 5.92. The summed E-state index contributed by atoms with van der Waals surface area (Å²) in [5.41, 5.74) is 9.05. The smallest absolute Gasteiger partial charge is 0.193 e. The SMILES string of the molecule is COc1cccc(NC(N)=NCCCOc2c(C)cccc2C)c1. The number of hydrogen-bond acceptors (Lipinski definition) is 3. The summed E-state index contributed by atoms with van der Waals surface area (Å²) in [7, 11) is 1.63. The van der Waals surface area contributed by atoms with Gasteiger partial charge in [0.15, 0.2) is 5.96 Å². The van der Waals surface area contributed by atoms with E-state index in [-0.39, 0.29) is 0 Å². The Morgan fingerprint density at radius 1 is 1.12 bits per heavy atom. The monoisotopic (exact) mass is 327 g/mol. The molecule has 0 heterocycles. The zero-order chi connectivity index (χ0) is 17.4. The molecule has 0 unspecified atom stereocenters. The molecule has 5 nitrogen and oxygen atoms in total. The lowest BCUT2D eigenvalue weighted by atomic mass is 10.1. The summed E-state index contributed by atoms with van der Waals surface area (Å²) in [6.07, 6.45) is 0.800. The summed E-state index contributed by atoms with van der Waals surface area (Å²) < 4.78 is 11.0. The Labute approximate surface area is 143 Å². The van der Waals surface area contributed by atoms with Crippen LogP contribution in [0.5, 0.6) is 11.5 Å². The fourth-order valence-electron chi connectivity index (χ4n) is 2.35. The van der Waals surface area contributed by atoms with E-state index in [0.717, 1.165) is 34.7 Å². The minimum Gasteiger partial charge on any atom is -0.497 e. The minimum absolute atomic E-state index is 0.385. The van der Waals surface area contributed by atoms with Crippen molar-refractivity contribution < 1.29 is 9.47 Å². The van der Waals surface area contributed by atoms with Crippen molar-refractivity contribution in [2.24, 2.45) is 10.7 Å². The largest absolute Gasteiger partial charge is 0.497 e. The normalized spacial score (nSPS) is 11.2. The summed E-state index contributed by atoms with van der Waals surface area (Å²) in [4.78, 5) is 4.31. The number of aryl methyl sites for hydroxylation is 2. The molecule has 5 heteroatoms. The van der Waals surface area contributed by atoms with E-state index in [2.05, 4.69) is 36.3 Å². The van der Waals surface area contributed by atoms with Gasteiger partial charge in [0.1, 0.15) is 11.5 Å². The molecule has 128 valence electrons. The van der Waals surface area contributed by atoms with Gasteiger partial charge in [0.05, 0.1) is 13.7 Å². The number of hydrogen-bond donors (Lipinski definition) is 2. The summed E-state index contributed by atoms with van der Waals surface area (Å²) >= 11 is 0. The van der Waals surface area contributed by atoms with Crippen molar-refractivity contribution in [2.75, 3.05) is 25.6 Å². The van der Waals surface area contributed by atoms with Gasteiger partial charge in [0.25, 0.3) is 0 Å². The van der Waals surface area contributed by atoms with E-state index in [1.54, 1.807) is 7.11 Å². The van der Waals surface area contributed by atoms with E-state index >= 15 is 0 Å². The zero-order valence-electron chi connectivity index (χ0n) is 14.5. The molecule has 2 rings (SSSR count). The van der Waals surface area contributed by atoms with Crippen molar-refractivity contribution in [3.8, 4) is 11.5 Å². The van der Waals surface area contributed by atoms with Gasteiger partial charge in [-0.3, -0.25) is 4.99 Å². The fraction of sp³-hybridized carbons (Fsp3) is 0.316. The Balaban J connectivity index is 1.77. The molecule has 2 aromatic rings. The molecular weight excluding hydrogens is 302 g/mol. The maximum atomic E-state index is 5.90. The first-order valence-electron chi connectivity index (χ1n) is 8.00. The third kappa shape index (κ3) is 5.19. The third-order valence-corrected chi connectivity index (χ3v) is 3.58. The maximum Gasteiger partial charge on any atom is 0.193 e. The predicted molar refractivity (Wildman–Crippen MR) is 99.1 cm³/mol. The van der Waals surface area contributed by atoms with E-state index in [4.69, 9.17) is 15.2 Å². The van der Waals surface area contributed by atoms with Crippen LogP contribution in [0, 0.1) is 13.8 Å². The first-order chi connectivity index (χ1) is 11.6. The molecule has 0 aliphatic rings. The Hall–Kier alpha value is -2.69. The van der Waals surface area contributed by atoms with Crippen LogP contribution in [0.4, 0.5) is 5.69 Å². The second-order valence-corrected chi connectivity index (χ2v) is 5.55. The molecule has 0 aliphatic heterocycles. The molecule has 0 bridgehead atoms. The number of ether oxygens (including phenoxy) is 2. The minimum atomic E-state index is 0.385. The van der Waals surface area contributed by atoms with Crippen LogP contribution in [0.3, 0.4) is 0 Å². The Morgan fingerprint density at radius 2 is 1.83 bits per heavy atom. The van der Waals surface area contributed by atoms with Crippen molar-refractivity contribution in [1.82, 2.24) is 0 Å². The first-order valence-corrected chi connectivity index (χ1v) is 8.00. The third-order valence-electron chi connectivity index (χ3n) is 3.58. The predicted octanol–water partition coefficient (Wildman–Crippen LogP) is 3.51. The van der Waals surface area contributed by atoms with Crippen molar-refractivity contribution in [3.63, 3.8) is 0 Å². The lowest BCUT2D eigenvalue weighted by Crippen LogP contribution is -2.23. The molecule has 24 heavy (non-hydrogen) atoms. The van der Waals surface area contributed by atoms with E-state index in [1.807, 2.05) is 30.3 Å². The lowest BCUT2D eigenvalue weighted by Gasteiger charge is -2.11. The number of para-hydroxylation sites is 1. The topological polar surface area (TPSA) is 68.9 Å². The van der Waals surface area contributed by atoms with Crippen LogP contribution in [0.15, 0.2) is 47.5 Å². The van der Waals surface area contributed by atoms with Crippen molar-refractivity contribution in [3.05, 3.63) is 53.6 Å². The van der Waals surface area contributed by atoms with Crippen LogP contribution in [0.2, 0.25) is 0 Å². The van der Waals surface area contributed by atoms with Gasteiger partial charge in [-0.25, -0.2) is 0 Å². The molecule has 0 amide bonds. The summed E-state index contributed by atoms with van der Waals surface area (Å²) in [6.45, 7) is 5.32. The fourth-order valence-corrected chi connectivity index (χ4v) is 2.35. The summed E-state index contributed by atoms with van der Waals surface area (Å²) in [6, 6.07) is 13.7. The highest BCUT2D eigenvalue weighted by Gasteiger charge is 2.02. The van der Waals surface area contributed by atoms with E-state index in [0.29, 0.717) is 19.1 Å². The average molecular weight is 327 g/mol. The average Bonchev–Trinajstić information content (AvgIpc) is 2.57. The van der Waals surface area contributed by atoms with Crippen LogP contribution >= 0.6 is 0 Å². The Kier molecular flexibility index (Phi) is 6.49. The quantitative estimate of drug-likeness (QED) is 0.464. The van der Waals surface area contributed by atoms with Crippen molar-refractivity contribution in [1.29, 1.82) is 0 Å². The number of rotatable bonds is 7. The van der Waals surface area contributed by atoms with Gasteiger partial charge in [-0.1, -0.05) is 24.3 Å². The van der Waals surface area contributed by atoms with Crippen molar-refractivity contribution in [2.45, 2.75) is 20.3 Å². The molecule has 0 fully saturated rings. The van der Waals surface area contributed by atoms with E-state index in [9.17, 15) is 0 Å². The van der Waals surface area contributed by atoms with Crippen LogP contribution in [-0.4, -0.2) is 26.2 Å². The highest BCUT2D eigenvalue weighted by Crippen LogP contribution is 2.22. The number of methoxy groups -OCH3 is 1. The number of aliphatic imine (C=N–C) groups is 1. The molecule has 2 aromatic carbocycles. The molecule has 0 saturated heterocycles. The molecule has 0 spiro atoms. The van der Waals surface area contributed by atoms with Crippen LogP contribution in [0.1, 0.15) is 17.5 Å². The number of guanidine groups is 1. The van der Waals surface area contributed by atoms with Crippen LogP contribution < -0.4 is 20.5 Å². The number of nitrogens with zero attached hydrogens (tertiary/aromatic N) is 1. The number of anilines is 1. The number of nitrogens with two attached hydrogens (primary N) is 1. The summed E-state index contributed by atoms with van der Waals surface area (Å²) in [5.74, 6) is 2.12. The molecule has 0 aliphatic carbocycles. The number of benzene rings is 2. The lowest BCUT2D eigenvalue weighted by molar-refractivity contribution is 0.309. The van der Waals surface area contributed by atoms with Gasteiger partial charge in [-0.15, -0.1) is 0 Å². The van der Waals surface area contributed by atoms with E-state index < -0.39 is 0 Å². The standard InChI is InChI=1S/C19H25N3O2/c1-14-7-4-8-15(2)18(14)24-12-6-11-21-19(20)22-16-9-5-10-17(13-16)23-3/h4-5,7-10,13H,6,11-12H2,1-3H3,(H3,20,21,22). The Bertz CT molecular complexity index is 679. The van der Waals surface area contributed by atoms with Gasteiger partial charge in [0.2, 0.25) is 0 Å².